The lowest BCUT2D eigenvalue weighted by Gasteiger charge is -2.01. The van der Waals surface area contributed by atoms with E-state index in [4.69, 9.17) is 4.74 Å². The highest BCUT2D eigenvalue weighted by Crippen LogP contribution is 2.27. The highest BCUT2D eigenvalue weighted by molar-refractivity contribution is 7.10. The number of ether oxygens (including phenoxy) is 1. The maximum atomic E-state index is 9.39. The number of hydrogen-bond acceptors (Lipinski definition) is 3. The number of aliphatic hydroxyl groups is 1. The van der Waals surface area contributed by atoms with Gasteiger partial charge in [-0.3, -0.25) is 0 Å². The summed E-state index contributed by atoms with van der Waals surface area (Å²) >= 11 is 1.53. The molecule has 1 aromatic heterocycles. The zero-order chi connectivity index (χ0) is 8.27. The van der Waals surface area contributed by atoms with Crippen molar-refractivity contribution in [3.63, 3.8) is 0 Å². The minimum atomic E-state index is -0.330. The standard InChI is InChI=1S/C8H12O2S/c1-3-7(9)8-4-6(10-2)5-11-8/h4-5,7,9H,3H2,1-2H3. The molecule has 0 aliphatic carbocycles. The Morgan fingerprint density at radius 1 is 1.73 bits per heavy atom. The fraction of sp³-hybridized carbons (Fsp3) is 0.500. The van der Waals surface area contributed by atoms with Crippen LogP contribution in [-0.2, 0) is 0 Å². The van der Waals surface area contributed by atoms with E-state index in [2.05, 4.69) is 0 Å². The van der Waals surface area contributed by atoms with E-state index < -0.39 is 0 Å². The largest absolute Gasteiger partial charge is 0.496 e. The summed E-state index contributed by atoms with van der Waals surface area (Å²) in [5, 5.41) is 11.3. The van der Waals surface area contributed by atoms with Crippen LogP contribution in [0.5, 0.6) is 5.75 Å². The predicted octanol–water partition coefficient (Wildman–Crippen LogP) is 2.20. The summed E-state index contributed by atoms with van der Waals surface area (Å²) in [5.74, 6) is 0.831. The van der Waals surface area contributed by atoms with Crippen LogP contribution in [0.25, 0.3) is 0 Å². The van der Waals surface area contributed by atoms with Crippen molar-refractivity contribution >= 4 is 11.3 Å². The smallest absolute Gasteiger partial charge is 0.129 e. The fourth-order valence-corrected chi connectivity index (χ4v) is 1.74. The van der Waals surface area contributed by atoms with Crippen LogP contribution in [-0.4, -0.2) is 12.2 Å². The Balaban J connectivity index is 2.71. The maximum Gasteiger partial charge on any atom is 0.129 e. The lowest BCUT2D eigenvalue weighted by atomic mass is 10.2. The van der Waals surface area contributed by atoms with E-state index in [0.717, 1.165) is 17.0 Å². The highest BCUT2D eigenvalue weighted by Gasteiger charge is 2.07. The molecular weight excluding hydrogens is 160 g/mol. The van der Waals surface area contributed by atoms with Gasteiger partial charge in [0.2, 0.25) is 0 Å². The van der Waals surface area contributed by atoms with Crippen LogP contribution in [0, 0.1) is 0 Å². The van der Waals surface area contributed by atoms with E-state index in [9.17, 15) is 5.11 Å². The second-order valence-electron chi connectivity index (χ2n) is 2.31. The van der Waals surface area contributed by atoms with Gasteiger partial charge in [0.15, 0.2) is 0 Å². The van der Waals surface area contributed by atoms with E-state index in [1.54, 1.807) is 7.11 Å². The Morgan fingerprint density at radius 2 is 2.45 bits per heavy atom. The molecule has 0 radical (unpaired) electrons. The molecule has 1 aromatic rings. The number of hydrogen-bond donors (Lipinski definition) is 1. The summed E-state index contributed by atoms with van der Waals surface area (Å²) < 4.78 is 4.99. The monoisotopic (exact) mass is 172 g/mol. The van der Waals surface area contributed by atoms with Crippen LogP contribution < -0.4 is 4.74 Å². The quantitative estimate of drug-likeness (QED) is 0.757. The summed E-state index contributed by atoms with van der Waals surface area (Å²) in [6.45, 7) is 1.96. The molecule has 11 heavy (non-hydrogen) atoms. The van der Waals surface area contributed by atoms with Crippen LogP contribution in [0.2, 0.25) is 0 Å². The van der Waals surface area contributed by atoms with E-state index in [0.29, 0.717) is 0 Å². The van der Waals surface area contributed by atoms with Crippen LogP contribution in [0.1, 0.15) is 24.3 Å². The van der Waals surface area contributed by atoms with Gasteiger partial charge in [0.05, 0.1) is 13.2 Å². The fourth-order valence-electron chi connectivity index (χ4n) is 0.817. The number of thiophene rings is 1. The molecule has 0 amide bonds. The molecule has 0 saturated carbocycles. The number of methoxy groups -OCH3 is 1. The molecule has 62 valence electrons. The first-order valence-electron chi connectivity index (χ1n) is 3.58. The second kappa shape index (κ2) is 3.74. The third kappa shape index (κ3) is 1.94. The lowest BCUT2D eigenvalue weighted by molar-refractivity contribution is 0.177. The zero-order valence-electron chi connectivity index (χ0n) is 6.70. The van der Waals surface area contributed by atoms with Crippen molar-refractivity contribution in [2.75, 3.05) is 7.11 Å². The third-order valence-electron chi connectivity index (χ3n) is 1.55. The van der Waals surface area contributed by atoms with E-state index >= 15 is 0 Å². The van der Waals surface area contributed by atoms with Gasteiger partial charge in [0, 0.05) is 10.3 Å². The van der Waals surface area contributed by atoms with Gasteiger partial charge in [-0.25, -0.2) is 0 Å². The van der Waals surface area contributed by atoms with Crippen molar-refractivity contribution in [2.24, 2.45) is 0 Å². The Kier molecular flexibility index (Phi) is 2.91. The van der Waals surface area contributed by atoms with Crippen molar-refractivity contribution < 1.29 is 9.84 Å². The molecule has 0 aliphatic heterocycles. The van der Waals surface area contributed by atoms with Crippen molar-refractivity contribution in [1.82, 2.24) is 0 Å². The molecule has 0 fully saturated rings. The van der Waals surface area contributed by atoms with E-state index in [1.165, 1.54) is 11.3 Å². The van der Waals surface area contributed by atoms with Gasteiger partial charge in [-0.05, 0) is 12.5 Å². The Labute approximate surface area is 70.4 Å². The molecule has 3 heteroatoms. The van der Waals surface area contributed by atoms with Crippen LogP contribution in [0.15, 0.2) is 11.4 Å². The summed E-state index contributed by atoms with van der Waals surface area (Å²) in [6, 6.07) is 1.87. The molecule has 0 saturated heterocycles. The predicted molar refractivity (Wildman–Crippen MR) is 46.1 cm³/mol. The topological polar surface area (TPSA) is 29.5 Å². The van der Waals surface area contributed by atoms with Crippen molar-refractivity contribution in [2.45, 2.75) is 19.4 Å². The molecule has 1 unspecified atom stereocenters. The molecule has 1 N–H and O–H groups in total. The first kappa shape index (κ1) is 8.56. The van der Waals surface area contributed by atoms with Gasteiger partial charge >= 0.3 is 0 Å². The van der Waals surface area contributed by atoms with Gasteiger partial charge in [-0.15, -0.1) is 11.3 Å². The molecule has 0 aromatic carbocycles. The maximum absolute atomic E-state index is 9.39. The molecule has 1 heterocycles. The summed E-state index contributed by atoms with van der Waals surface area (Å²) in [7, 11) is 1.63. The van der Waals surface area contributed by atoms with Crippen LogP contribution in [0.3, 0.4) is 0 Å². The van der Waals surface area contributed by atoms with Crippen molar-refractivity contribution in [3.8, 4) is 5.75 Å². The molecule has 0 aliphatic rings. The minimum absolute atomic E-state index is 0.330. The first-order valence-corrected chi connectivity index (χ1v) is 4.46. The Morgan fingerprint density at radius 3 is 2.91 bits per heavy atom. The summed E-state index contributed by atoms with van der Waals surface area (Å²) in [4.78, 5) is 0.976. The number of aliphatic hydroxyl groups excluding tert-OH is 1. The SMILES string of the molecule is CCC(O)c1cc(OC)cs1. The second-order valence-corrected chi connectivity index (χ2v) is 3.26. The molecule has 0 bridgehead atoms. The average Bonchev–Trinajstić information content (AvgIpc) is 2.50. The van der Waals surface area contributed by atoms with Crippen molar-refractivity contribution in [3.05, 3.63) is 16.3 Å². The molecule has 2 nitrogen and oxygen atoms in total. The van der Waals surface area contributed by atoms with Crippen LogP contribution in [0.4, 0.5) is 0 Å². The molecule has 1 rings (SSSR count). The molecular formula is C8H12O2S. The molecule has 1 atom stereocenters. The van der Waals surface area contributed by atoms with Gasteiger partial charge in [0.25, 0.3) is 0 Å². The summed E-state index contributed by atoms with van der Waals surface area (Å²) in [6.07, 6.45) is 0.424. The molecule has 0 spiro atoms. The van der Waals surface area contributed by atoms with E-state index in [-0.39, 0.29) is 6.10 Å². The van der Waals surface area contributed by atoms with Gasteiger partial charge in [0.1, 0.15) is 5.75 Å². The van der Waals surface area contributed by atoms with Gasteiger partial charge in [-0.1, -0.05) is 6.92 Å². The zero-order valence-corrected chi connectivity index (χ0v) is 7.52. The van der Waals surface area contributed by atoms with Crippen LogP contribution >= 0.6 is 11.3 Å². The lowest BCUT2D eigenvalue weighted by Crippen LogP contribution is -1.90. The first-order chi connectivity index (χ1) is 5.27. The average molecular weight is 172 g/mol. The normalized spacial score (nSPS) is 13.0. The van der Waals surface area contributed by atoms with Gasteiger partial charge < -0.3 is 9.84 Å². The Hall–Kier alpha value is -0.540. The van der Waals surface area contributed by atoms with Gasteiger partial charge in [-0.2, -0.15) is 0 Å². The third-order valence-corrected chi connectivity index (χ3v) is 2.56. The van der Waals surface area contributed by atoms with Crippen molar-refractivity contribution in [1.29, 1.82) is 0 Å². The highest BCUT2D eigenvalue weighted by atomic mass is 32.1. The Bertz CT molecular complexity index is 220. The number of rotatable bonds is 3. The minimum Gasteiger partial charge on any atom is -0.496 e. The summed E-state index contributed by atoms with van der Waals surface area (Å²) in [5.41, 5.74) is 0. The van der Waals surface area contributed by atoms with E-state index in [1.807, 2.05) is 18.4 Å².